The number of anilines is 1. The minimum absolute atomic E-state index is 0.0964. The molecule has 0 amide bonds. The third-order valence-electron chi connectivity index (χ3n) is 2.87. The van der Waals surface area contributed by atoms with E-state index in [-0.39, 0.29) is 5.78 Å². The van der Waals surface area contributed by atoms with E-state index in [4.69, 9.17) is 5.73 Å². The highest BCUT2D eigenvalue weighted by atomic mass is 79.9. The molecule has 2 aromatic heterocycles. The third kappa shape index (κ3) is 2.28. The number of nitrogens with two attached hydrogens (primary N) is 1. The lowest BCUT2D eigenvalue weighted by Gasteiger charge is -2.04. The van der Waals surface area contributed by atoms with E-state index in [9.17, 15) is 4.79 Å². The van der Waals surface area contributed by atoms with Crippen LogP contribution in [0.25, 0.3) is 5.69 Å². The summed E-state index contributed by atoms with van der Waals surface area (Å²) >= 11 is 4.77. The van der Waals surface area contributed by atoms with Crippen molar-refractivity contribution in [3.8, 4) is 5.69 Å². The molecule has 0 bridgehead atoms. The van der Waals surface area contributed by atoms with E-state index >= 15 is 0 Å². The van der Waals surface area contributed by atoms with Crippen molar-refractivity contribution in [2.24, 2.45) is 0 Å². The molecule has 0 atom stereocenters. The molecule has 2 heterocycles. The Kier molecular flexibility index (Phi) is 3.42. The molecule has 0 radical (unpaired) electrons. The van der Waals surface area contributed by atoms with Gasteiger partial charge < -0.3 is 5.73 Å². The largest absolute Gasteiger partial charge is 0.383 e. The van der Waals surface area contributed by atoms with Crippen molar-refractivity contribution < 1.29 is 4.79 Å². The van der Waals surface area contributed by atoms with E-state index in [0.717, 1.165) is 10.2 Å². The normalized spacial score (nSPS) is 10.7. The van der Waals surface area contributed by atoms with Crippen molar-refractivity contribution in [2.75, 3.05) is 5.73 Å². The summed E-state index contributed by atoms with van der Waals surface area (Å²) < 4.78 is 2.54. The molecule has 0 spiro atoms. The quantitative estimate of drug-likeness (QED) is 0.737. The summed E-state index contributed by atoms with van der Waals surface area (Å²) in [4.78, 5) is 13.0. The van der Waals surface area contributed by atoms with Crippen LogP contribution in [0, 0.1) is 0 Å². The van der Waals surface area contributed by atoms with Gasteiger partial charge in [0.15, 0.2) is 0 Å². The van der Waals surface area contributed by atoms with E-state index in [0.29, 0.717) is 16.3 Å². The minimum atomic E-state index is -0.0964. The highest BCUT2D eigenvalue weighted by molar-refractivity contribution is 9.10. The number of carbonyl (C=O) groups is 1. The monoisotopic (exact) mass is 347 g/mol. The molecular weight excluding hydrogens is 338 g/mol. The molecule has 0 aliphatic heterocycles. The van der Waals surface area contributed by atoms with Crippen molar-refractivity contribution in [1.82, 2.24) is 9.78 Å². The maximum atomic E-state index is 12.3. The molecule has 0 aliphatic rings. The van der Waals surface area contributed by atoms with Crippen LogP contribution in [-0.2, 0) is 0 Å². The number of benzene rings is 1. The smallest absolute Gasteiger partial charge is 0.208 e. The van der Waals surface area contributed by atoms with Gasteiger partial charge in [-0.25, -0.2) is 4.68 Å². The average Bonchev–Trinajstić information content (AvgIpc) is 3.09. The summed E-state index contributed by atoms with van der Waals surface area (Å²) in [5, 5.41) is 6.07. The first-order valence-corrected chi connectivity index (χ1v) is 7.52. The van der Waals surface area contributed by atoms with Gasteiger partial charge in [-0.05, 0) is 35.7 Å². The van der Waals surface area contributed by atoms with Gasteiger partial charge in [0.1, 0.15) is 5.82 Å². The molecule has 6 heteroatoms. The molecule has 0 unspecified atom stereocenters. The van der Waals surface area contributed by atoms with Gasteiger partial charge in [0.2, 0.25) is 5.78 Å². The third-order valence-corrected chi connectivity index (χ3v) is 4.26. The summed E-state index contributed by atoms with van der Waals surface area (Å²) in [5.74, 6) is 0.256. The first-order chi connectivity index (χ1) is 9.66. The van der Waals surface area contributed by atoms with Gasteiger partial charge in [-0.15, -0.1) is 11.3 Å². The Bertz CT molecular complexity index is 747. The fourth-order valence-electron chi connectivity index (χ4n) is 1.86. The molecule has 3 aromatic rings. The Labute approximate surface area is 128 Å². The molecule has 3 rings (SSSR count). The van der Waals surface area contributed by atoms with Gasteiger partial charge in [0.25, 0.3) is 0 Å². The molecule has 100 valence electrons. The number of carbonyl (C=O) groups excluding carboxylic acids is 1. The molecule has 0 fully saturated rings. The zero-order chi connectivity index (χ0) is 14.1. The minimum Gasteiger partial charge on any atom is -0.383 e. The van der Waals surface area contributed by atoms with Crippen LogP contribution >= 0.6 is 27.3 Å². The fraction of sp³-hybridized carbons (Fsp3) is 0. The second-order valence-electron chi connectivity index (χ2n) is 4.14. The number of hydrogen-bond acceptors (Lipinski definition) is 4. The molecule has 0 saturated heterocycles. The second-order valence-corrected chi connectivity index (χ2v) is 6.00. The summed E-state index contributed by atoms with van der Waals surface area (Å²) in [5.41, 5.74) is 7.29. The van der Waals surface area contributed by atoms with Gasteiger partial charge in [0.05, 0.1) is 22.3 Å². The molecule has 1 aromatic carbocycles. The van der Waals surface area contributed by atoms with Crippen LogP contribution in [0.2, 0.25) is 0 Å². The predicted molar refractivity (Wildman–Crippen MR) is 83.4 cm³/mol. The number of aromatic nitrogens is 2. The SMILES string of the molecule is Nc1c(C(=O)c2cccs2)cnn1-c1ccc(Br)cc1. The summed E-state index contributed by atoms with van der Waals surface area (Å²) in [6.45, 7) is 0. The topological polar surface area (TPSA) is 60.9 Å². The number of rotatable bonds is 3. The average molecular weight is 348 g/mol. The zero-order valence-corrected chi connectivity index (χ0v) is 12.7. The highest BCUT2D eigenvalue weighted by Crippen LogP contribution is 2.23. The Balaban J connectivity index is 2.01. The van der Waals surface area contributed by atoms with Gasteiger partial charge in [-0.3, -0.25) is 4.79 Å². The lowest BCUT2D eigenvalue weighted by molar-refractivity contribution is 0.104. The number of halogens is 1. The molecule has 0 saturated carbocycles. The van der Waals surface area contributed by atoms with Crippen molar-refractivity contribution >= 4 is 38.9 Å². The number of nitrogen functional groups attached to an aromatic ring is 1. The van der Waals surface area contributed by atoms with E-state index in [1.165, 1.54) is 17.5 Å². The fourth-order valence-corrected chi connectivity index (χ4v) is 2.80. The van der Waals surface area contributed by atoms with Crippen LogP contribution in [0.4, 0.5) is 5.82 Å². The zero-order valence-electron chi connectivity index (χ0n) is 10.3. The van der Waals surface area contributed by atoms with Crippen LogP contribution in [0.5, 0.6) is 0 Å². The maximum absolute atomic E-state index is 12.3. The van der Waals surface area contributed by atoms with Crippen LogP contribution in [-0.4, -0.2) is 15.6 Å². The maximum Gasteiger partial charge on any atom is 0.208 e. The van der Waals surface area contributed by atoms with Crippen molar-refractivity contribution in [2.45, 2.75) is 0 Å². The van der Waals surface area contributed by atoms with E-state index < -0.39 is 0 Å². The standard InChI is InChI=1S/C14H10BrN3OS/c15-9-3-5-10(6-4-9)18-14(16)11(8-17-18)13(19)12-2-1-7-20-12/h1-8H,16H2. The predicted octanol–water partition coefficient (Wildman–Crippen LogP) is 3.51. The van der Waals surface area contributed by atoms with Gasteiger partial charge >= 0.3 is 0 Å². The van der Waals surface area contributed by atoms with Crippen molar-refractivity contribution in [3.05, 3.63) is 62.9 Å². The lowest BCUT2D eigenvalue weighted by Crippen LogP contribution is -2.06. The first-order valence-electron chi connectivity index (χ1n) is 5.84. The summed E-state index contributed by atoms with van der Waals surface area (Å²) in [6.07, 6.45) is 1.51. The number of hydrogen-bond donors (Lipinski definition) is 1. The van der Waals surface area contributed by atoms with E-state index in [2.05, 4.69) is 21.0 Å². The summed E-state index contributed by atoms with van der Waals surface area (Å²) in [6, 6.07) is 11.2. The van der Waals surface area contributed by atoms with Gasteiger partial charge in [0, 0.05) is 4.47 Å². The van der Waals surface area contributed by atoms with E-state index in [1.807, 2.05) is 35.7 Å². The Morgan fingerprint density at radius 1 is 1.25 bits per heavy atom. The number of nitrogens with zero attached hydrogens (tertiary/aromatic N) is 2. The van der Waals surface area contributed by atoms with Crippen LogP contribution in [0.15, 0.2) is 52.4 Å². The second kappa shape index (κ2) is 5.22. The molecule has 4 nitrogen and oxygen atoms in total. The molecule has 20 heavy (non-hydrogen) atoms. The van der Waals surface area contributed by atoms with Crippen LogP contribution < -0.4 is 5.73 Å². The summed E-state index contributed by atoms with van der Waals surface area (Å²) in [7, 11) is 0. The Morgan fingerprint density at radius 2 is 2.00 bits per heavy atom. The van der Waals surface area contributed by atoms with Gasteiger partial charge in [-0.1, -0.05) is 22.0 Å². The number of ketones is 1. The Hall–Kier alpha value is -1.92. The Morgan fingerprint density at radius 3 is 2.65 bits per heavy atom. The van der Waals surface area contributed by atoms with E-state index in [1.54, 1.807) is 10.7 Å². The first kappa shape index (κ1) is 13.1. The lowest BCUT2D eigenvalue weighted by atomic mass is 10.2. The van der Waals surface area contributed by atoms with Crippen LogP contribution in [0.3, 0.4) is 0 Å². The van der Waals surface area contributed by atoms with Crippen molar-refractivity contribution in [1.29, 1.82) is 0 Å². The highest BCUT2D eigenvalue weighted by Gasteiger charge is 2.18. The van der Waals surface area contributed by atoms with Crippen LogP contribution in [0.1, 0.15) is 15.2 Å². The number of thiophene rings is 1. The molecule has 2 N–H and O–H groups in total. The van der Waals surface area contributed by atoms with Gasteiger partial charge in [-0.2, -0.15) is 5.10 Å². The molecular formula is C14H10BrN3OS. The van der Waals surface area contributed by atoms with Crippen molar-refractivity contribution in [3.63, 3.8) is 0 Å². The molecule has 0 aliphatic carbocycles.